The minimum atomic E-state index is 0.460. The molecule has 2 heteroatoms. The number of hydrogen-bond acceptors (Lipinski definition) is 2. The minimum Gasteiger partial charge on any atom is -0.313 e. The zero-order valence-corrected chi connectivity index (χ0v) is 13.9. The fourth-order valence-corrected chi connectivity index (χ4v) is 2.54. The summed E-state index contributed by atoms with van der Waals surface area (Å²) in [6.07, 6.45) is 2.44. The third-order valence-electron chi connectivity index (χ3n) is 4.28. The lowest BCUT2D eigenvalue weighted by Gasteiger charge is -2.26. The highest BCUT2D eigenvalue weighted by Crippen LogP contribution is 2.18. The van der Waals surface area contributed by atoms with Crippen molar-refractivity contribution in [2.75, 3.05) is 26.7 Å². The molecule has 2 unspecified atom stereocenters. The molecule has 1 rings (SSSR count). The molecule has 0 saturated heterocycles. The van der Waals surface area contributed by atoms with Crippen molar-refractivity contribution in [3.05, 3.63) is 35.4 Å². The van der Waals surface area contributed by atoms with Crippen LogP contribution < -0.4 is 5.32 Å². The van der Waals surface area contributed by atoms with Crippen LogP contribution in [0, 0.1) is 12.8 Å². The first-order valence-electron chi connectivity index (χ1n) is 8.06. The van der Waals surface area contributed by atoms with Crippen molar-refractivity contribution < 1.29 is 0 Å². The molecule has 0 aliphatic heterocycles. The summed E-state index contributed by atoms with van der Waals surface area (Å²) in [6.45, 7) is 12.6. The van der Waals surface area contributed by atoms with Crippen molar-refractivity contribution in [1.29, 1.82) is 0 Å². The molecule has 0 aliphatic carbocycles. The second kappa shape index (κ2) is 9.15. The molecule has 0 amide bonds. The number of nitrogens with one attached hydrogen (secondary N) is 1. The molecular formula is C18H32N2. The summed E-state index contributed by atoms with van der Waals surface area (Å²) in [5.41, 5.74) is 2.73. The van der Waals surface area contributed by atoms with Gasteiger partial charge in [-0.15, -0.1) is 0 Å². The summed E-state index contributed by atoms with van der Waals surface area (Å²) in [6, 6.07) is 9.37. The predicted molar refractivity (Wildman–Crippen MR) is 89.2 cm³/mol. The zero-order valence-electron chi connectivity index (χ0n) is 13.9. The summed E-state index contributed by atoms with van der Waals surface area (Å²) in [4.78, 5) is 2.58. The molecule has 0 heterocycles. The molecule has 0 aromatic heterocycles. The second-order valence-corrected chi connectivity index (χ2v) is 5.95. The van der Waals surface area contributed by atoms with E-state index in [4.69, 9.17) is 0 Å². The molecule has 114 valence electrons. The van der Waals surface area contributed by atoms with Gasteiger partial charge in [0.2, 0.25) is 0 Å². The number of benzene rings is 1. The number of nitrogens with zero attached hydrogens (tertiary/aromatic N) is 1. The minimum absolute atomic E-state index is 0.460. The lowest BCUT2D eigenvalue weighted by atomic mass is 10.0. The van der Waals surface area contributed by atoms with E-state index in [0.29, 0.717) is 6.04 Å². The maximum atomic E-state index is 3.46. The van der Waals surface area contributed by atoms with Crippen LogP contribution in [0.25, 0.3) is 0 Å². The fraction of sp³-hybridized carbons (Fsp3) is 0.667. The molecule has 1 aromatic rings. The Bertz CT molecular complexity index is 358. The summed E-state index contributed by atoms with van der Waals surface area (Å²) >= 11 is 0. The van der Waals surface area contributed by atoms with Crippen LogP contribution in [0.3, 0.4) is 0 Å². The van der Waals surface area contributed by atoms with Gasteiger partial charge in [0.05, 0.1) is 0 Å². The highest BCUT2D eigenvalue weighted by Gasteiger charge is 2.12. The molecule has 0 spiro atoms. The molecule has 20 heavy (non-hydrogen) atoms. The molecular weight excluding hydrogens is 244 g/mol. The predicted octanol–water partition coefficient (Wildman–Crippen LogP) is 4.01. The highest BCUT2D eigenvalue weighted by atomic mass is 15.1. The number of rotatable bonds is 9. The van der Waals surface area contributed by atoms with Crippen LogP contribution in [0.2, 0.25) is 0 Å². The van der Waals surface area contributed by atoms with E-state index < -0.39 is 0 Å². The van der Waals surface area contributed by atoms with Crippen LogP contribution >= 0.6 is 0 Å². The van der Waals surface area contributed by atoms with Gasteiger partial charge in [0.15, 0.2) is 0 Å². The molecule has 2 atom stereocenters. The van der Waals surface area contributed by atoms with Gasteiger partial charge >= 0.3 is 0 Å². The maximum absolute atomic E-state index is 3.46. The molecule has 1 N–H and O–H groups in total. The van der Waals surface area contributed by atoms with Crippen molar-refractivity contribution in [3.63, 3.8) is 0 Å². The monoisotopic (exact) mass is 276 g/mol. The van der Waals surface area contributed by atoms with Gasteiger partial charge in [0.25, 0.3) is 0 Å². The SMILES string of the molecule is CCC(C)CN(CC)CCC(NC)c1ccc(C)cc1. The third kappa shape index (κ3) is 5.64. The van der Waals surface area contributed by atoms with Crippen molar-refractivity contribution in [2.45, 2.75) is 46.6 Å². The topological polar surface area (TPSA) is 15.3 Å². The summed E-state index contributed by atoms with van der Waals surface area (Å²) < 4.78 is 0. The molecule has 0 radical (unpaired) electrons. The number of hydrogen-bond donors (Lipinski definition) is 1. The van der Waals surface area contributed by atoms with Gasteiger partial charge in [-0.1, -0.05) is 57.0 Å². The van der Waals surface area contributed by atoms with E-state index in [1.165, 1.54) is 37.1 Å². The van der Waals surface area contributed by atoms with E-state index in [-0.39, 0.29) is 0 Å². The van der Waals surface area contributed by atoms with E-state index in [1.807, 2.05) is 0 Å². The molecule has 2 nitrogen and oxygen atoms in total. The Morgan fingerprint density at radius 3 is 2.30 bits per heavy atom. The Kier molecular flexibility index (Phi) is 7.86. The standard InChI is InChI=1S/C18H32N2/c1-6-15(3)14-20(7-2)13-12-18(19-5)17-10-8-16(4)9-11-17/h8-11,15,18-19H,6-7,12-14H2,1-5H3. The largest absolute Gasteiger partial charge is 0.313 e. The lowest BCUT2D eigenvalue weighted by molar-refractivity contribution is 0.234. The Morgan fingerprint density at radius 2 is 1.80 bits per heavy atom. The van der Waals surface area contributed by atoms with E-state index in [0.717, 1.165) is 12.5 Å². The van der Waals surface area contributed by atoms with Crippen LogP contribution in [0.4, 0.5) is 0 Å². The van der Waals surface area contributed by atoms with Crippen molar-refractivity contribution in [2.24, 2.45) is 5.92 Å². The van der Waals surface area contributed by atoms with Gasteiger partial charge in [-0.3, -0.25) is 0 Å². The average molecular weight is 276 g/mol. The average Bonchev–Trinajstić information content (AvgIpc) is 2.47. The molecule has 1 aromatic carbocycles. The van der Waals surface area contributed by atoms with Gasteiger partial charge in [-0.2, -0.15) is 0 Å². The smallest absolute Gasteiger partial charge is 0.0329 e. The van der Waals surface area contributed by atoms with Gasteiger partial charge in [-0.05, 0) is 45.0 Å². The first-order chi connectivity index (χ1) is 9.60. The van der Waals surface area contributed by atoms with E-state index in [1.54, 1.807) is 0 Å². The second-order valence-electron chi connectivity index (χ2n) is 5.95. The van der Waals surface area contributed by atoms with Crippen molar-refractivity contribution in [1.82, 2.24) is 10.2 Å². The van der Waals surface area contributed by atoms with E-state index >= 15 is 0 Å². The Balaban J connectivity index is 2.53. The quantitative estimate of drug-likeness (QED) is 0.733. The Morgan fingerprint density at radius 1 is 1.15 bits per heavy atom. The van der Waals surface area contributed by atoms with E-state index in [9.17, 15) is 0 Å². The molecule has 0 bridgehead atoms. The van der Waals surface area contributed by atoms with E-state index in [2.05, 4.69) is 69.2 Å². The van der Waals surface area contributed by atoms with Crippen LogP contribution in [-0.2, 0) is 0 Å². The van der Waals surface area contributed by atoms with Crippen LogP contribution in [0.1, 0.15) is 50.8 Å². The van der Waals surface area contributed by atoms with Gasteiger partial charge < -0.3 is 10.2 Å². The normalized spacial score (nSPS) is 14.5. The summed E-state index contributed by atoms with van der Waals surface area (Å²) in [7, 11) is 2.06. The third-order valence-corrected chi connectivity index (χ3v) is 4.28. The van der Waals surface area contributed by atoms with Crippen molar-refractivity contribution in [3.8, 4) is 0 Å². The Hall–Kier alpha value is -0.860. The maximum Gasteiger partial charge on any atom is 0.0329 e. The molecule has 0 aliphatic rings. The van der Waals surface area contributed by atoms with Crippen molar-refractivity contribution >= 4 is 0 Å². The zero-order chi connectivity index (χ0) is 15.0. The summed E-state index contributed by atoms with van der Waals surface area (Å²) in [5.74, 6) is 0.794. The van der Waals surface area contributed by atoms with Gasteiger partial charge in [-0.25, -0.2) is 0 Å². The highest BCUT2D eigenvalue weighted by molar-refractivity contribution is 5.24. The number of aryl methyl sites for hydroxylation is 1. The molecule has 0 fully saturated rings. The van der Waals surface area contributed by atoms with Gasteiger partial charge in [0.1, 0.15) is 0 Å². The Labute approximate surface area is 125 Å². The first kappa shape index (κ1) is 17.2. The van der Waals surface area contributed by atoms with Gasteiger partial charge in [0, 0.05) is 12.6 Å². The van der Waals surface area contributed by atoms with Crippen LogP contribution in [-0.4, -0.2) is 31.6 Å². The van der Waals surface area contributed by atoms with Crippen LogP contribution in [0.5, 0.6) is 0 Å². The lowest BCUT2D eigenvalue weighted by Crippen LogP contribution is -2.31. The first-order valence-corrected chi connectivity index (χ1v) is 8.06. The summed E-state index contributed by atoms with van der Waals surface area (Å²) in [5, 5.41) is 3.46. The fourth-order valence-electron chi connectivity index (χ4n) is 2.54. The van der Waals surface area contributed by atoms with Crippen LogP contribution in [0.15, 0.2) is 24.3 Å². The molecule has 0 saturated carbocycles.